The van der Waals surface area contributed by atoms with E-state index in [0.717, 1.165) is 31.6 Å². The van der Waals surface area contributed by atoms with Crippen molar-refractivity contribution in [3.63, 3.8) is 0 Å². The number of aromatic hydroxyl groups is 1. The van der Waals surface area contributed by atoms with Gasteiger partial charge in [0.25, 0.3) is 0 Å². The first kappa shape index (κ1) is 15.6. The van der Waals surface area contributed by atoms with Crippen molar-refractivity contribution in [2.45, 2.75) is 13.0 Å². The molecule has 1 saturated heterocycles. The molecule has 0 aliphatic carbocycles. The van der Waals surface area contributed by atoms with Gasteiger partial charge in [-0.15, -0.1) is 0 Å². The summed E-state index contributed by atoms with van der Waals surface area (Å²) in [6.07, 6.45) is 1.16. The quantitative estimate of drug-likeness (QED) is 0.785. The number of benzene rings is 1. The minimum absolute atomic E-state index is 0.144. The summed E-state index contributed by atoms with van der Waals surface area (Å²) in [7, 11) is 2.18. The van der Waals surface area contributed by atoms with Crippen LogP contribution in [-0.2, 0) is 6.54 Å². The highest BCUT2D eigenvalue weighted by atomic mass is 35.5. The third kappa shape index (κ3) is 4.94. The molecular formula is C15H24ClN3O. The molecule has 0 saturated carbocycles. The highest BCUT2D eigenvalue weighted by Gasteiger charge is 2.12. The van der Waals surface area contributed by atoms with Crippen LogP contribution in [0, 0.1) is 0 Å². The number of phenolic OH excluding ortho intramolecular Hbond substituents is 1. The Hall–Kier alpha value is -0.810. The third-order valence-electron chi connectivity index (χ3n) is 3.77. The molecule has 2 rings (SSSR count). The minimum atomic E-state index is 0.144. The van der Waals surface area contributed by atoms with Gasteiger partial charge in [-0.25, -0.2) is 0 Å². The SMILES string of the molecule is CN1CCN(CCCNCc2ccc(O)c(Cl)c2)CC1. The Morgan fingerprint density at radius 3 is 2.70 bits per heavy atom. The first-order valence-corrected chi connectivity index (χ1v) is 7.62. The number of likely N-dealkylation sites (N-methyl/N-ethyl adjacent to an activating group) is 1. The Kier molecular flexibility index (Phi) is 6.10. The van der Waals surface area contributed by atoms with Gasteiger partial charge in [0.05, 0.1) is 5.02 Å². The Morgan fingerprint density at radius 2 is 2.00 bits per heavy atom. The minimum Gasteiger partial charge on any atom is -0.506 e. The topological polar surface area (TPSA) is 38.7 Å². The summed E-state index contributed by atoms with van der Waals surface area (Å²) in [5.74, 6) is 0.144. The van der Waals surface area contributed by atoms with E-state index in [9.17, 15) is 5.11 Å². The number of nitrogens with one attached hydrogen (secondary N) is 1. The lowest BCUT2D eigenvalue weighted by Crippen LogP contribution is -2.45. The number of nitrogens with zero attached hydrogens (tertiary/aromatic N) is 2. The van der Waals surface area contributed by atoms with Gasteiger partial charge in [0.1, 0.15) is 5.75 Å². The van der Waals surface area contributed by atoms with Crippen LogP contribution in [-0.4, -0.2) is 61.2 Å². The lowest BCUT2D eigenvalue weighted by Gasteiger charge is -2.32. The molecule has 20 heavy (non-hydrogen) atoms. The van der Waals surface area contributed by atoms with E-state index in [1.54, 1.807) is 6.07 Å². The van der Waals surface area contributed by atoms with Crippen LogP contribution in [0.15, 0.2) is 18.2 Å². The van der Waals surface area contributed by atoms with E-state index in [-0.39, 0.29) is 5.75 Å². The molecule has 1 aromatic carbocycles. The molecule has 0 bridgehead atoms. The molecule has 0 amide bonds. The predicted octanol–water partition coefficient (Wildman–Crippen LogP) is 1.77. The second-order valence-electron chi connectivity index (χ2n) is 5.46. The van der Waals surface area contributed by atoms with E-state index in [4.69, 9.17) is 11.6 Å². The molecule has 0 radical (unpaired) electrons. The lowest BCUT2D eigenvalue weighted by atomic mass is 10.2. The van der Waals surface area contributed by atoms with Gasteiger partial charge < -0.3 is 20.2 Å². The third-order valence-corrected chi connectivity index (χ3v) is 4.07. The maximum absolute atomic E-state index is 9.35. The smallest absolute Gasteiger partial charge is 0.134 e. The summed E-state index contributed by atoms with van der Waals surface area (Å²) < 4.78 is 0. The van der Waals surface area contributed by atoms with Gasteiger partial charge in [-0.1, -0.05) is 17.7 Å². The van der Waals surface area contributed by atoms with Crippen LogP contribution in [0.2, 0.25) is 5.02 Å². The summed E-state index contributed by atoms with van der Waals surface area (Å²) in [4.78, 5) is 4.91. The van der Waals surface area contributed by atoms with Crippen molar-refractivity contribution in [3.8, 4) is 5.75 Å². The van der Waals surface area contributed by atoms with E-state index in [0.29, 0.717) is 5.02 Å². The molecule has 1 aromatic rings. The van der Waals surface area contributed by atoms with E-state index >= 15 is 0 Å². The monoisotopic (exact) mass is 297 g/mol. The zero-order chi connectivity index (χ0) is 14.4. The Balaban J connectivity index is 1.58. The summed E-state index contributed by atoms with van der Waals surface area (Å²) in [6.45, 7) is 7.69. The maximum atomic E-state index is 9.35. The van der Waals surface area contributed by atoms with Crippen molar-refractivity contribution in [3.05, 3.63) is 28.8 Å². The number of phenols is 1. The van der Waals surface area contributed by atoms with Gasteiger partial charge in [0, 0.05) is 32.7 Å². The van der Waals surface area contributed by atoms with Gasteiger partial charge >= 0.3 is 0 Å². The van der Waals surface area contributed by atoms with Crippen LogP contribution in [0.4, 0.5) is 0 Å². The molecular weight excluding hydrogens is 274 g/mol. The molecule has 4 nitrogen and oxygen atoms in total. The zero-order valence-corrected chi connectivity index (χ0v) is 12.9. The van der Waals surface area contributed by atoms with Crippen molar-refractivity contribution < 1.29 is 5.11 Å². The molecule has 1 fully saturated rings. The number of piperazine rings is 1. The number of halogens is 1. The number of hydrogen-bond donors (Lipinski definition) is 2. The van der Waals surface area contributed by atoms with Crippen molar-refractivity contribution in [2.24, 2.45) is 0 Å². The fraction of sp³-hybridized carbons (Fsp3) is 0.600. The molecule has 2 N–H and O–H groups in total. The average molecular weight is 298 g/mol. The van der Waals surface area contributed by atoms with E-state index < -0.39 is 0 Å². The molecule has 5 heteroatoms. The van der Waals surface area contributed by atoms with Crippen molar-refractivity contribution in [1.29, 1.82) is 0 Å². The average Bonchev–Trinajstić information content (AvgIpc) is 2.44. The number of hydrogen-bond acceptors (Lipinski definition) is 4. The first-order chi connectivity index (χ1) is 9.65. The van der Waals surface area contributed by atoms with Crippen LogP contribution < -0.4 is 5.32 Å². The maximum Gasteiger partial charge on any atom is 0.134 e. The lowest BCUT2D eigenvalue weighted by molar-refractivity contribution is 0.153. The van der Waals surface area contributed by atoms with Crippen LogP contribution >= 0.6 is 11.6 Å². The molecule has 1 aliphatic rings. The number of rotatable bonds is 6. The highest BCUT2D eigenvalue weighted by Crippen LogP contribution is 2.23. The van der Waals surface area contributed by atoms with Gasteiger partial charge in [-0.05, 0) is 44.3 Å². The van der Waals surface area contributed by atoms with Crippen molar-refractivity contribution >= 4 is 11.6 Å². The zero-order valence-electron chi connectivity index (χ0n) is 12.1. The van der Waals surface area contributed by atoms with Crippen molar-refractivity contribution in [2.75, 3.05) is 46.3 Å². The molecule has 1 heterocycles. The van der Waals surface area contributed by atoms with Gasteiger partial charge in [-0.3, -0.25) is 0 Å². The van der Waals surface area contributed by atoms with E-state index in [1.807, 2.05) is 12.1 Å². The van der Waals surface area contributed by atoms with Gasteiger partial charge in [0.15, 0.2) is 0 Å². The van der Waals surface area contributed by atoms with E-state index in [1.165, 1.54) is 26.2 Å². The summed E-state index contributed by atoms with van der Waals surface area (Å²) in [5.41, 5.74) is 1.10. The van der Waals surface area contributed by atoms with Gasteiger partial charge in [-0.2, -0.15) is 0 Å². The fourth-order valence-electron chi connectivity index (χ4n) is 2.39. The molecule has 0 unspecified atom stereocenters. The van der Waals surface area contributed by atoms with Crippen LogP contribution in [0.5, 0.6) is 5.75 Å². The Bertz CT molecular complexity index is 420. The molecule has 1 aliphatic heterocycles. The Morgan fingerprint density at radius 1 is 1.25 bits per heavy atom. The largest absolute Gasteiger partial charge is 0.506 e. The first-order valence-electron chi connectivity index (χ1n) is 7.24. The predicted molar refractivity (Wildman–Crippen MR) is 83.4 cm³/mol. The van der Waals surface area contributed by atoms with Crippen LogP contribution in [0.1, 0.15) is 12.0 Å². The fourth-order valence-corrected chi connectivity index (χ4v) is 2.60. The summed E-state index contributed by atoms with van der Waals surface area (Å²) in [6, 6.07) is 5.35. The molecule has 0 atom stereocenters. The van der Waals surface area contributed by atoms with Crippen LogP contribution in [0.3, 0.4) is 0 Å². The van der Waals surface area contributed by atoms with E-state index in [2.05, 4.69) is 22.2 Å². The molecule has 0 spiro atoms. The van der Waals surface area contributed by atoms with Crippen molar-refractivity contribution in [1.82, 2.24) is 15.1 Å². The highest BCUT2D eigenvalue weighted by molar-refractivity contribution is 6.32. The van der Waals surface area contributed by atoms with Crippen LogP contribution in [0.25, 0.3) is 0 Å². The molecule has 112 valence electrons. The molecule has 0 aromatic heterocycles. The second-order valence-corrected chi connectivity index (χ2v) is 5.87. The Labute approximate surface area is 126 Å². The summed E-state index contributed by atoms with van der Waals surface area (Å²) in [5, 5.41) is 13.2. The normalized spacial score (nSPS) is 17.5. The second kappa shape index (κ2) is 7.84. The van der Waals surface area contributed by atoms with Gasteiger partial charge in [0.2, 0.25) is 0 Å². The summed E-state index contributed by atoms with van der Waals surface area (Å²) >= 11 is 5.88. The standard InChI is InChI=1S/C15H24ClN3O/c1-18-7-9-19(10-8-18)6-2-5-17-12-13-3-4-15(20)14(16)11-13/h3-4,11,17,20H,2,5-10,12H2,1H3.